The molecule has 2 aromatic heterocycles. The number of carbonyl (C=O) groups excluding carboxylic acids is 2. The Kier molecular flexibility index (Phi) is 6.26. The Labute approximate surface area is 193 Å². The zero-order valence-electron chi connectivity index (χ0n) is 18.7. The van der Waals surface area contributed by atoms with Gasteiger partial charge in [-0.1, -0.05) is 6.07 Å². The smallest absolute Gasteiger partial charge is 0.253 e. The minimum atomic E-state index is 0.0208. The number of pyridine rings is 1. The van der Waals surface area contributed by atoms with Gasteiger partial charge in [0.1, 0.15) is 18.0 Å². The van der Waals surface area contributed by atoms with Crippen molar-refractivity contribution in [2.75, 3.05) is 45.8 Å². The van der Waals surface area contributed by atoms with Crippen LogP contribution in [0, 0.1) is 0 Å². The van der Waals surface area contributed by atoms with Crippen LogP contribution in [0.25, 0.3) is 5.65 Å². The van der Waals surface area contributed by atoms with Crippen molar-refractivity contribution in [3.63, 3.8) is 0 Å². The highest BCUT2D eigenvalue weighted by molar-refractivity contribution is 5.94. The minimum Gasteiger partial charge on any atom is -0.487 e. The number of rotatable bonds is 6. The molecule has 2 fully saturated rings. The number of imidazole rings is 1. The highest BCUT2D eigenvalue weighted by Crippen LogP contribution is 2.17. The van der Waals surface area contributed by atoms with Crippen LogP contribution in [0.1, 0.15) is 28.9 Å². The summed E-state index contributed by atoms with van der Waals surface area (Å²) in [7, 11) is 0. The van der Waals surface area contributed by atoms with E-state index in [1.165, 1.54) is 0 Å². The van der Waals surface area contributed by atoms with Gasteiger partial charge in [-0.15, -0.1) is 0 Å². The highest BCUT2D eigenvalue weighted by Gasteiger charge is 2.25. The molecule has 0 radical (unpaired) electrons. The summed E-state index contributed by atoms with van der Waals surface area (Å²) in [5, 5.41) is 0. The molecule has 2 saturated heterocycles. The lowest BCUT2D eigenvalue weighted by atomic mass is 10.1. The van der Waals surface area contributed by atoms with Gasteiger partial charge in [0.25, 0.3) is 5.91 Å². The van der Waals surface area contributed by atoms with Crippen LogP contribution in [0.3, 0.4) is 0 Å². The normalized spacial score (nSPS) is 17.0. The SMILES string of the molecule is O=C(CN1CCN(C(=O)c2ccc(OCc3cn4ccccc4n3)cc2)CC1)N1CCCC1. The van der Waals surface area contributed by atoms with Crippen molar-refractivity contribution in [2.24, 2.45) is 0 Å². The van der Waals surface area contributed by atoms with Crippen molar-refractivity contribution in [1.29, 1.82) is 0 Å². The predicted octanol–water partition coefficient (Wildman–Crippen LogP) is 2.29. The number of benzene rings is 1. The first-order valence-corrected chi connectivity index (χ1v) is 11.6. The van der Waals surface area contributed by atoms with Gasteiger partial charge in [0.2, 0.25) is 5.91 Å². The van der Waals surface area contributed by atoms with Gasteiger partial charge < -0.3 is 18.9 Å². The fraction of sp³-hybridized carbons (Fsp3) is 0.400. The van der Waals surface area contributed by atoms with Crippen LogP contribution in [0.4, 0.5) is 0 Å². The van der Waals surface area contributed by atoms with E-state index in [1.54, 1.807) is 0 Å². The van der Waals surface area contributed by atoms with E-state index < -0.39 is 0 Å². The third-order valence-corrected chi connectivity index (χ3v) is 6.38. The summed E-state index contributed by atoms with van der Waals surface area (Å²) in [6, 6.07) is 13.1. The molecular weight excluding hydrogens is 418 g/mol. The fourth-order valence-corrected chi connectivity index (χ4v) is 4.46. The van der Waals surface area contributed by atoms with E-state index >= 15 is 0 Å². The molecule has 0 atom stereocenters. The molecule has 2 aliphatic heterocycles. The summed E-state index contributed by atoms with van der Waals surface area (Å²) in [5.41, 5.74) is 2.39. The molecule has 3 aromatic rings. The molecule has 0 saturated carbocycles. The third kappa shape index (κ3) is 5.01. The molecule has 2 amide bonds. The average Bonchev–Trinajstić information content (AvgIpc) is 3.53. The number of aromatic nitrogens is 2. The molecule has 0 bridgehead atoms. The number of likely N-dealkylation sites (tertiary alicyclic amines) is 1. The highest BCUT2D eigenvalue weighted by atomic mass is 16.5. The molecule has 8 nitrogen and oxygen atoms in total. The Morgan fingerprint density at radius 1 is 0.879 bits per heavy atom. The quantitative estimate of drug-likeness (QED) is 0.580. The van der Waals surface area contributed by atoms with Crippen molar-refractivity contribution < 1.29 is 14.3 Å². The van der Waals surface area contributed by atoms with Gasteiger partial charge >= 0.3 is 0 Å². The number of amides is 2. The van der Waals surface area contributed by atoms with Crippen molar-refractivity contribution in [1.82, 2.24) is 24.1 Å². The van der Waals surface area contributed by atoms with Gasteiger partial charge in [0.05, 0.1) is 12.2 Å². The van der Waals surface area contributed by atoms with E-state index in [0.717, 1.165) is 50.4 Å². The molecule has 4 heterocycles. The Hall–Kier alpha value is -3.39. The van der Waals surface area contributed by atoms with Gasteiger partial charge in [0.15, 0.2) is 0 Å². The summed E-state index contributed by atoms with van der Waals surface area (Å²) in [6.45, 7) is 5.33. The van der Waals surface area contributed by atoms with E-state index in [0.29, 0.717) is 37.6 Å². The number of fused-ring (bicyclic) bond motifs is 1. The van der Waals surface area contributed by atoms with E-state index in [1.807, 2.05) is 69.1 Å². The molecule has 5 rings (SSSR count). The first-order valence-electron chi connectivity index (χ1n) is 11.6. The lowest BCUT2D eigenvalue weighted by Crippen LogP contribution is -2.51. The molecule has 2 aliphatic rings. The molecule has 0 spiro atoms. The number of nitrogens with zero attached hydrogens (tertiary/aromatic N) is 5. The number of hydrogen-bond donors (Lipinski definition) is 0. The largest absolute Gasteiger partial charge is 0.487 e. The lowest BCUT2D eigenvalue weighted by Gasteiger charge is -2.35. The summed E-state index contributed by atoms with van der Waals surface area (Å²) >= 11 is 0. The Morgan fingerprint density at radius 2 is 1.64 bits per heavy atom. The molecule has 33 heavy (non-hydrogen) atoms. The Bertz CT molecular complexity index is 1080. The second kappa shape index (κ2) is 9.62. The molecular formula is C25H29N5O3. The average molecular weight is 448 g/mol. The molecule has 172 valence electrons. The van der Waals surface area contributed by atoms with Gasteiger partial charge in [-0.3, -0.25) is 14.5 Å². The minimum absolute atomic E-state index is 0.0208. The number of carbonyl (C=O) groups is 2. The van der Waals surface area contributed by atoms with Crippen LogP contribution in [0.2, 0.25) is 0 Å². The number of ether oxygens (including phenoxy) is 1. The number of hydrogen-bond acceptors (Lipinski definition) is 5. The summed E-state index contributed by atoms with van der Waals surface area (Å²) in [4.78, 5) is 35.8. The maximum absolute atomic E-state index is 12.9. The first kappa shape index (κ1) is 21.5. The van der Waals surface area contributed by atoms with Crippen molar-refractivity contribution in [2.45, 2.75) is 19.4 Å². The second-order valence-corrected chi connectivity index (χ2v) is 8.67. The number of piperazine rings is 1. The summed E-state index contributed by atoms with van der Waals surface area (Å²) in [6.07, 6.45) is 6.12. The maximum atomic E-state index is 12.9. The van der Waals surface area contributed by atoms with Gasteiger partial charge in [0, 0.05) is 57.2 Å². The zero-order chi connectivity index (χ0) is 22.6. The predicted molar refractivity (Wildman–Crippen MR) is 124 cm³/mol. The van der Waals surface area contributed by atoms with Crippen LogP contribution in [-0.4, -0.2) is 81.7 Å². The van der Waals surface area contributed by atoms with Crippen molar-refractivity contribution in [3.05, 3.63) is 66.1 Å². The van der Waals surface area contributed by atoms with Crippen LogP contribution in [0.15, 0.2) is 54.9 Å². The van der Waals surface area contributed by atoms with Gasteiger partial charge in [-0.2, -0.15) is 0 Å². The topological polar surface area (TPSA) is 70.4 Å². The van der Waals surface area contributed by atoms with Crippen LogP contribution in [-0.2, 0) is 11.4 Å². The molecule has 1 aromatic carbocycles. The van der Waals surface area contributed by atoms with Gasteiger partial charge in [-0.25, -0.2) is 4.98 Å². The molecule has 0 unspecified atom stereocenters. The standard InChI is InChI=1S/C25H29N5O3/c31-24(28-10-3-4-11-28)18-27-13-15-29(16-14-27)25(32)20-6-8-22(9-7-20)33-19-21-17-30-12-2-1-5-23(30)26-21/h1-2,5-9,12,17H,3-4,10-11,13-16,18-19H2. The third-order valence-electron chi connectivity index (χ3n) is 6.38. The van der Waals surface area contributed by atoms with E-state index in [9.17, 15) is 9.59 Å². The van der Waals surface area contributed by atoms with Crippen LogP contribution in [0.5, 0.6) is 5.75 Å². The summed E-state index contributed by atoms with van der Waals surface area (Å²) < 4.78 is 7.81. The zero-order valence-corrected chi connectivity index (χ0v) is 18.7. The van der Waals surface area contributed by atoms with Crippen molar-refractivity contribution in [3.8, 4) is 5.75 Å². The van der Waals surface area contributed by atoms with Crippen LogP contribution < -0.4 is 4.74 Å². The molecule has 0 N–H and O–H groups in total. The van der Waals surface area contributed by atoms with Gasteiger partial charge in [-0.05, 0) is 49.2 Å². The Morgan fingerprint density at radius 3 is 2.36 bits per heavy atom. The molecule has 8 heteroatoms. The van der Waals surface area contributed by atoms with E-state index in [-0.39, 0.29) is 11.8 Å². The maximum Gasteiger partial charge on any atom is 0.253 e. The van der Waals surface area contributed by atoms with E-state index in [2.05, 4.69) is 9.88 Å². The van der Waals surface area contributed by atoms with Crippen molar-refractivity contribution >= 4 is 17.5 Å². The monoisotopic (exact) mass is 447 g/mol. The summed E-state index contributed by atoms with van der Waals surface area (Å²) in [5.74, 6) is 0.938. The Balaban J connectivity index is 1.10. The second-order valence-electron chi connectivity index (χ2n) is 8.67. The lowest BCUT2D eigenvalue weighted by molar-refractivity contribution is -0.131. The van der Waals surface area contributed by atoms with Crippen LogP contribution >= 0.6 is 0 Å². The fourth-order valence-electron chi connectivity index (χ4n) is 4.46. The molecule has 0 aliphatic carbocycles. The first-order chi connectivity index (χ1) is 16.2. The van der Waals surface area contributed by atoms with E-state index in [4.69, 9.17) is 4.74 Å².